The zero-order valence-corrected chi connectivity index (χ0v) is 11.2. The van der Waals surface area contributed by atoms with Gasteiger partial charge in [-0.05, 0) is 26.7 Å². The first-order valence-electron chi connectivity index (χ1n) is 6.05. The Balaban J connectivity index is 2.92. The Labute approximate surface area is 107 Å². The van der Waals surface area contributed by atoms with Crippen LogP contribution in [0.25, 0.3) is 0 Å². The van der Waals surface area contributed by atoms with Gasteiger partial charge >= 0.3 is 0 Å². The van der Waals surface area contributed by atoms with Crippen molar-refractivity contribution >= 4 is 11.8 Å². The third kappa shape index (κ3) is 3.00. The number of methoxy groups -OCH3 is 1. The minimum absolute atomic E-state index is 0.0360. The molecule has 0 aromatic carbocycles. The van der Waals surface area contributed by atoms with Crippen molar-refractivity contribution in [3.05, 3.63) is 0 Å². The standard InChI is InChI=1S/C12H22N2O4/c1-11(2,17)7-9(15)14-6-4-5-12(14,8-18-3)10(13)16/h17H,4-8H2,1-3H3,(H2,13,16). The van der Waals surface area contributed by atoms with Gasteiger partial charge in [0, 0.05) is 13.7 Å². The van der Waals surface area contributed by atoms with Gasteiger partial charge in [0.1, 0.15) is 5.54 Å². The van der Waals surface area contributed by atoms with Gasteiger partial charge in [0.25, 0.3) is 0 Å². The first kappa shape index (κ1) is 14.9. The van der Waals surface area contributed by atoms with E-state index in [1.165, 1.54) is 12.0 Å². The number of carbonyl (C=O) groups excluding carboxylic acids is 2. The second-order valence-corrected chi connectivity index (χ2v) is 5.47. The molecule has 0 aliphatic carbocycles. The van der Waals surface area contributed by atoms with E-state index in [1.807, 2.05) is 0 Å². The van der Waals surface area contributed by atoms with Gasteiger partial charge in [-0.15, -0.1) is 0 Å². The fraction of sp³-hybridized carbons (Fsp3) is 0.833. The van der Waals surface area contributed by atoms with E-state index < -0.39 is 17.0 Å². The van der Waals surface area contributed by atoms with Crippen LogP contribution in [0, 0.1) is 0 Å². The number of hydrogen-bond donors (Lipinski definition) is 2. The van der Waals surface area contributed by atoms with E-state index in [9.17, 15) is 14.7 Å². The van der Waals surface area contributed by atoms with Crippen molar-refractivity contribution in [2.24, 2.45) is 5.73 Å². The third-order valence-electron chi connectivity index (χ3n) is 3.22. The van der Waals surface area contributed by atoms with Crippen LogP contribution >= 0.6 is 0 Å². The molecule has 1 rings (SSSR count). The van der Waals surface area contributed by atoms with E-state index >= 15 is 0 Å². The van der Waals surface area contributed by atoms with Crippen LogP contribution in [0.15, 0.2) is 0 Å². The molecule has 0 bridgehead atoms. The van der Waals surface area contributed by atoms with Gasteiger partial charge in [0.2, 0.25) is 11.8 Å². The van der Waals surface area contributed by atoms with Crippen LogP contribution in [-0.2, 0) is 14.3 Å². The van der Waals surface area contributed by atoms with E-state index in [4.69, 9.17) is 10.5 Å². The van der Waals surface area contributed by atoms with E-state index in [-0.39, 0.29) is 18.9 Å². The lowest BCUT2D eigenvalue weighted by Crippen LogP contribution is -2.59. The Hall–Kier alpha value is -1.14. The average molecular weight is 258 g/mol. The summed E-state index contributed by atoms with van der Waals surface area (Å²) in [6.07, 6.45) is 1.18. The largest absolute Gasteiger partial charge is 0.390 e. The maximum Gasteiger partial charge on any atom is 0.245 e. The van der Waals surface area contributed by atoms with E-state index in [0.29, 0.717) is 19.4 Å². The molecule has 1 saturated heterocycles. The fourth-order valence-electron chi connectivity index (χ4n) is 2.42. The lowest BCUT2D eigenvalue weighted by atomic mass is 9.95. The van der Waals surface area contributed by atoms with Gasteiger partial charge in [0.15, 0.2) is 0 Å². The molecule has 0 aromatic heterocycles. The zero-order valence-electron chi connectivity index (χ0n) is 11.2. The number of nitrogens with two attached hydrogens (primary N) is 1. The number of aliphatic hydroxyl groups is 1. The summed E-state index contributed by atoms with van der Waals surface area (Å²) in [6, 6.07) is 0. The predicted molar refractivity (Wildman–Crippen MR) is 65.7 cm³/mol. The Kier molecular flexibility index (Phi) is 4.34. The summed E-state index contributed by atoms with van der Waals surface area (Å²) in [7, 11) is 1.47. The number of carbonyl (C=O) groups is 2. The number of hydrogen-bond acceptors (Lipinski definition) is 4. The minimum Gasteiger partial charge on any atom is -0.390 e. The molecule has 0 saturated carbocycles. The van der Waals surface area contributed by atoms with Crippen LogP contribution in [0.5, 0.6) is 0 Å². The van der Waals surface area contributed by atoms with Crippen LogP contribution in [-0.4, -0.2) is 53.2 Å². The molecule has 1 aliphatic heterocycles. The Morgan fingerprint density at radius 2 is 2.11 bits per heavy atom. The smallest absolute Gasteiger partial charge is 0.245 e. The Morgan fingerprint density at radius 3 is 2.56 bits per heavy atom. The maximum absolute atomic E-state index is 12.2. The van der Waals surface area contributed by atoms with Crippen LogP contribution in [0.1, 0.15) is 33.1 Å². The number of primary amides is 1. The van der Waals surface area contributed by atoms with Gasteiger partial charge in [-0.3, -0.25) is 9.59 Å². The Bertz CT molecular complexity index is 337. The van der Waals surface area contributed by atoms with Crippen LogP contribution in [0.2, 0.25) is 0 Å². The first-order valence-corrected chi connectivity index (χ1v) is 6.05. The van der Waals surface area contributed by atoms with Gasteiger partial charge in [-0.2, -0.15) is 0 Å². The molecular weight excluding hydrogens is 236 g/mol. The zero-order chi connectivity index (χ0) is 14.0. The van der Waals surface area contributed by atoms with Gasteiger partial charge in [-0.1, -0.05) is 0 Å². The molecule has 1 atom stereocenters. The van der Waals surface area contributed by atoms with Crippen molar-refractivity contribution in [1.82, 2.24) is 4.90 Å². The topological polar surface area (TPSA) is 92.9 Å². The van der Waals surface area contributed by atoms with E-state index in [0.717, 1.165) is 0 Å². The van der Waals surface area contributed by atoms with Crippen molar-refractivity contribution in [3.8, 4) is 0 Å². The second-order valence-electron chi connectivity index (χ2n) is 5.47. The highest BCUT2D eigenvalue weighted by atomic mass is 16.5. The van der Waals surface area contributed by atoms with Crippen molar-refractivity contribution in [2.45, 2.75) is 44.2 Å². The molecule has 1 aliphatic rings. The molecule has 0 spiro atoms. The molecule has 2 amide bonds. The number of likely N-dealkylation sites (tertiary alicyclic amines) is 1. The van der Waals surface area contributed by atoms with Crippen LogP contribution in [0.4, 0.5) is 0 Å². The predicted octanol–water partition coefficient (Wildman–Crippen LogP) is -0.360. The first-order chi connectivity index (χ1) is 8.23. The van der Waals surface area contributed by atoms with Gasteiger partial charge < -0.3 is 20.5 Å². The summed E-state index contributed by atoms with van der Waals surface area (Å²) in [4.78, 5) is 25.3. The van der Waals surface area contributed by atoms with Crippen LogP contribution < -0.4 is 5.73 Å². The Morgan fingerprint density at radius 1 is 1.50 bits per heavy atom. The van der Waals surface area contributed by atoms with Gasteiger partial charge in [0.05, 0.1) is 18.6 Å². The highest BCUT2D eigenvalue weighted by molar-refractivity contribution is 5.91. The van der Waals surface area contributed by atoms with Crippen molar-refractivity contribution < 1.29 is 19.4 Å². The summed E-state index contributed by atoms with van der Waals surface area (Å²) in [5, 5.41) is 9.69. The molecule has 1 heterocycles. The van der Waals surface area contributed by atoms with Crippen molar-refractivity contribution in [1.29, 1.82) is 0 Å². The molecule has 6 nitrogen and oxygen atoms in total. The lowest BCUT2D eigenvalue weighted by Gasteiger charge is -2.36. The number of rotatable bonds is 5. The highest BCUT2D eigenvalue weighted by Crippen LogP contribution is 2.31. The molecule has 18 heavy (non-hydrogen) atoms. The third-order valence-corrected chi connectivity index (χ3v) is 3.22. The SMILES string of the molecule is COCC1(C(N)=O)CCCN1C(=O)CC(C)(C)O. The molecule has 3 N–H and O–H groups in total. The number of amides is 2. The van der Waals surface area contributed by atoms with Crippen molar-refractivity contribution in [3.63, 3.8) is 0 Å². The fourth-order valence-corrected chi connectivity index (χ4v) is 2.42. The van der Waals surface area contributed by atoms with Gasteiger partial charge in [-0.25, -0.2) is 0 Å². The van der Waals surface area contributed by atoms with E-state index in [2.05, 4.69) is 0 Å². The molecule has 1 unspecified atom stereocenters. The lowest BCUT2D eigenvalue weighted by molar-refractivity contribution is -0.149. The molecule has 0 aromatic rings. The summed E-state index contributed by atoms with van der Waals surface area (Å²) in [6.45, 7) is 3.69. The summed E-state index contributed by atoms with van der Waals surface area (Å²) in [5.74, 6) is -0.818. The molecule has 104 valence electrons. The average Bonchev–Trinajstić information content (AvgIpc) is 2.60. The van der Waals surface area contributed by atoms with E-state index in [1.54, 1.807) is 13.8 Å². The quantitative estimate of drug-likeness (QED) is 0.704. The molecular formula is C12H22N2O4. The molecule has 1 fully saturated rings. The summed E-state index contributed by atoms with van der Waals surface area (Å²) >= 11 is 0. The van der Waals surface area contributed by atoms with Crippen molar-refractivity contribution in [2.75, 3.05) is 20.3 Å². The second kappa shape index (κ2) is 5.24. The number of nitrogens with zero attached hydrogens (tertiary/aromatic N) is 1. The number of ether oxygens (including phenoxy) is 1. The maximum atomic E-state index is 12.2. The molecule has 0 radical (unpaired) electrons. The summed E-state index contributed by atoms with van der Waals surface area (Å²) < 4.78 is 5.04. The minimum atomic E-state index is -1.10. The van der Waals surface area contributed by atoms with Crippen LogP contribution in [0.3, 0.4) is 0 Å². The normalized spacial score (nSPS) is 24.3. The molecule has 6 heteroatoms. The summed E-state index contributed by atoms with van der Waals surface area (Å²) in [5.41, 5.74) is 3.28. The monoisotopic (exact) mass is 258 g/mol. The highest BCUT2D eigenvalue weighted by Gasteiger charge is 2.49.